The van der Waals surface area contributed by atoms with E-state index >= 15 is 0 Å². The fraction of sp³-hybridized carbons (Fsp3) is 0.385. The number of rotatable bonds is 2. The molecule has 0 atom stereocenters. The molecule has 0 saturated heterocycles. The van der Waals surface area contributed by atoms with Gasteiger partial charge in [-0.15, -0.1) is 0 Å². The van der Waals surface area contributed by atoms with Gasteiger partial charge >= 0.3 is 0 Å². The van der Waals surface area contributed by atoms with Crippen LogP contribution >= 0.6 is 0 Å². The van der Waals surface area contributed by atoms with Crippen LogP contribution in [0.2, 0.25) is 0 Å². The summed E-state index contributed by atoms with van der Waals surface area (Å²) >= 11 is 0. The van der Waals surface area contributed by atoms with Gasteiger partial charge in [-0.05, 0) is 31.4 Å². The average Bonchev–Trinajstić information content (AvgIpc) is 2.88. The fourth-order valence-corrected chi connectivity index (χ4v) is 1.82. The minimum absolute atomic E-state index is 0.0845. The normalized spacial score (nSPS) is 17.1. The second-order valence-electron chi connectivity index (χ2n) is 4.95. The number of phenolic OH excluding ortho intramolecular Hbond substituents is 1. The number of hydrogen-bond acceptors (Lipinski definition) is 4. The predicted octanol–water partition coefficient (Wildman–Crippen LogP) is 2.80. The zero-order valence-corrected chi connectivity index (χ0v) is 9.90. The molecule has 4 nitrogen and oxygen atoms in total. The van der Waals surface area contributed by atoms with Crippen molar-refractivity contribution < 1.29 is 9.63 Å². The van der Waals surface area contributed by atoms with Crippen LogP contribution in [0.5, 0.6) is 5.75 Å². The van der Waals surface area contributed by atoms with Crippen molar-refractivity contribution in [2.24, 2.45) is 0 Å². The van der Waals surface area contributed by atoms with Crippen molar-refractivity contribution in [1.29, 1.82) is 0 Å². The van der Waals surface area contributed by atoms with Gasteiger partial charge in [0.1, 0.15) is 5.75 Å². The molecule has 4 heteroatoms. The Hall–Kier alpha value is -1.84. The molecule has 3 rings (SSSR count). The second kappa shape index (κ2) is 3.32. The molecule has 1 heterocycles. The third kappa shape index (κ3) is 1.60. The Morgan fingerprint density at radius 1 is 1.35 bits per heavy atom. The summed E-state index contributed by atoms with van der Waals surface area (Å²) in [6, 6.07) is 5.50. The van der Waals surface area contributed by atoms with E-state index in [0.29, 0.717) is 11.5 Å². The Bertz CT molecular complexity index is 571. The van der Waals surface area contributed by atoms with Gasteiger partial charge in [0.2, 0.25) is 0 Å². The van der Waals surface area contributed by atoms with E-state index in [9.17, 15) is 5.11 Å². The van der Waals surface area contributed by atoms with E-state index in [0.717, 1.165) is 24.2 Å². The highest BCUT2D eigenvalue weighted by molar-refractivity contribution is 5.64. The number of phenols is 1. The highest BCUT2D eigenvalue weighted by atomic mass is 16.5. The van der Waals surface area contributed by atoms with Crippen LogP contribution < -0.4 is 0 Å². The average molecular weight is 230 g/mol. The summed E-state index contributed by atoms with van der Waals surface area (Å²) in [6.45, 7) is 3.97. The SMILES string of the molecule is Cc1cccc(-c2nc(C3(C)CC3)no2)c1O. The van der Waals surface area contributed by atoms with Crippen molar-refractivity contribution in [3.63, 3.8) is 0 Å². The molecule has 0 unspecified atom stereocenters. The van der Waals surface area contributed by atoms with E-state index in [2.05, 4.69) is 17.1 Å². The third-order valence-electron chi connectivity index (χ3n) is 3.43. The molecule has 0 aliphatic heterocycles. The predicted molar refractivity (Wildman–Crippen MR) is 62.7 cm³/mol. The molecular formula is C13H14N2O2. The van der Waals surface area contributed by atoms with Crippen molar-refractivity contribution in [2.75, 3.05) is 0 Å². The molecule has 1 aromatic carbocycles. The van der Waals surface area contributed by atoms with Crippen molar-refractivity contribution >= 4 is 0 Å². The number of hydrogen-bond donors (Lipinski definition) is 1. The van der Waals surface area contributed by atoms with Crippen LogP contribution in [0.4, 0.5) is 0 Å². The lowest BCUT2D eigenvalue weighted by atomic mass is 10.1. The van der Waals surface area contributed by atoms with Crippen LogP contribution in [-0.2, 0) is 5.41 Å². The first-order valence-electron chi connectivity index (χ1n) is 5.73. The van der Waals surface area contributed by atoms with Gasteiger partial charge in [-0.3, -0.25) is 0 Å². The second-order valence-corrected chi connectivity index (χ2v) is 4.95. The van der Waals surface area contributed by atoms with Crippen LogP contribution in [0.1, 0.15) is 31.2 Å². The molecule has 0 bridgehead atoms. The van der Waals surface area contributed by atoms with E-state index in [1.54, 1.807) is 6.07 Å². The van der Waals surface area contributed by atoms with Crippen molar-refractivity contribution in [2.45, 2.75) is 32.1 Å². The number of nitrogens with zero attached hydrogens (tertiary/aromatic N) is 2. The zero-order chi connectivity index (χ0) is 12.0. The summed E-state index contributed by atoms with van der Waals surface area (Å²) in [5, 5.41) is 14.0. The lowest BCUT2D eigenvalue weighted by Gasteiger charge is -2.02. The van der Waals surface area contributed by atoms with Gasteiger partial charge in [-0.1, -0.05) is 24.2 Å². The largest absolute Gasteiger partial charge is 0.507 e. The van der Waals surface area contributed by atoms with Crippen LogP contribution in [0.15, 0.2) is 22.7 Å². The first-order chi connectivity index (χ1) is 8.10. The minimum atomic E-state index is 0.0845. The molecule has 0 radical (unpaired) electrons. The van der Waals surface area contributed by atoms with Gasteiger partial charge in [0.15, 0.2) is 5.82 Å². The van der Waals surface area contributed by atoms with Crippen molar-refractivity contribution in [3.05, 3.63) is 29.6 Å². The maximum absolute atomic E-state index is 9.95. The van der Waals surface area contributed by atoms with Crippen LogP contribution in [0.3, 0.4) is 0 Å². The minimum Gasteiger partial charge on any atom is -0.507 e. The molecule has 0 spiro atoms. The molecule has 88 valence electrons. The van der Waals surface area contributed by atoms with E-state index in [1.807, 2.05) is 19.1 Å². The quantitative estimate of drug-likeness (QED) is 0.861. The van der Waals surface area contributed by atoms with Gasteiger partial charge in [0.05, 0.1) is 5.56 Å². The van der Waals surface area contributed by atoms with Gasteiger partial charge in [-0.2, -0.15) is 4.98 Å². The van der Waals surface area contributed by atoms with Crippen molar-refractivity contribution in [3.8, 4) is 17.2 Å². The van der Waals surface area contributed by atoms with Crippen LogP contribution in [0, 0.1) is 6.92 Å². The molecule has 2 aromatic rings. The highest BCUT2D eigenvalue weighted by Gasteiger charge is 2.43. The third-order valence-corrected chi connectivity index (χ3v) is 3.43. The molecule has 1 aromatic heterocycles. The topological polar surface area (TPSA) is 59.2 Å². The molecular weight excluding hydrogens is 216 g/mol. The maximum atomic E-state index is 9.95. The molecule has 1 saturated carbocycles. The van der Waals surface area contributed by atoms with Crippen LogP contribution in [-0.4, -0.2) is 15.2 Å². The Morgan fingerprint density at radius 2 is 2.12 bits per heavy atom. The van der Waals surface area contributed by atoms with E-state index in [-0.39, 0.29) is 11.2 Å². The van der Waals surface area contributed by atoms with E-state index in [4.69, 9.17) is 4.52 Å². The Labute approximate surface area is 99.3 Å². The monoisotopic (exact) mass is 230 g/mol. The molecule has 1 fully saturated rings. The van der Waals surface area contributed by atoms with Gasteiger partial charge in [0.25, 0.3) is 5.89 Å². The number of benzene rings is 1. The molecule has 1 aliphatic rings. The first kappa shape index (κ1) is 10.3. The standard InChI is InChI=1S/C13H14N2O2/c1-8-4-3-5-9(10(8)16)11-14-12(15-17-11)13(2)6-7-13/h3-5,16H,6-7H2,1-2H3. The Kier molecular flexibility index (Phi) is 2.02. The molecule has 17 heavy (non-hydrogen) atoms. The number of aryl methyl sites for hydroxylation is 1. The van der Waals surface area contributed by atoms with Gasteiger partial charge in [0, 0.05) is 5.41 Å². The Balaban J connectivity index is 2.04. The van der Waals surface area contributed by atoms with Crippen molar-refractivity contribution in [1.82, 2.24) is 10.1 Å². The number of aromatic hydroxyl groups is 1. The lowest BCUT2D eigenvalue weighted by molar-refractivity contribution is 0.411. The molecule has 0 amide bonds. The first-order valence-corrected chi connectivity index (χ1v) is 5.73. The van der Waals surface area contributed by atoms with E-state index in [1.165, 1.54) is 0 Å². The van der Waals surface area contributed by atoms with Gasteiger partial charge < -0.3 is 9.63 Å². The van der Waals surface area contributed by atoms with Crippen LogP contribution in [0.25, 0.3) is 11.5 Å². The van der Waals surface area contributed by atoms with E-state index < -0.39 is 0 Å². The summed E-state index contributed by atoms with van der Waals surface area (Å²) < 4.78 is 5.23. The lowest BCUT2D eigenvalue weighted by Crippen LogP contribution is -2.01. The number of para-hydroxylation sites is 1. The summed E-state index contributed by atoms with van der Waals surface area (Å²) in [6.07, 6.45) is 2.21. The highest BCUT2D eigenvalue weighted by Crippen LogP contribution is 2.46. The maximum Gasteiger partial charge on any atom is 0.261 e. The smallest absolute Gasteiger partial charge is 0.261 e. The summed E-state index contributed by atoms with van der Waals surface area (Å²) in [5.41, 5.74) is 1.49. The Morgan fingerprint density at radius 3 is 2.82 bits per heavy atom. The zero-order valence-electron chi connectivity index (χ0n) is 9.90. The van der Waals surface area contributed by atoms with Gasteiger partial charge in [-0.25, -0.2) is 0 Å². The summed E-state index contributed by atoms with van der Waals surface area (Å²) in [4.78, 5) is 4.38. The molecule has 1 N–H and O–H groups in total. The number of aromatic nitrogens is 2. The molecule has 1 aliphatic carbocycles. The fourth-order valence-electron chi connectivity index (χ4n) is 1.82. The summed E-state index contributed by atoms with van der Waals surface area (Å²) in [5.74, 6) is 1.35. The summed E-state index contributed by atoms with van der Waals surface area (Å²) in [7, 11) is 0.